The Hall–Kier alpha value is -1.52. The van der Waals surface area contributed by atoms with E-state index in [1.807, 2.05) is 0 Å². The summed E-state index contributed by atoms with van der Waals surface area (Å²) in [6.07, 6.45) is -3.13. The zero-order valence-electron chi connectivity index (χ0n) is 7.38. The van der Waals surface area contributed by atoms with Crippen molar-refractivity contribution in [2.45, 2.75) is 6.43 Å². The summed E-state index contributed by atoms with van der Waals surface area (Å²) in [6.45, 7) is 0. The number of hydrogen-bond donors (Lipinski definition) is 0. The molecule has 0 aliphatic rings. The largest absolute Gasteiger partial charge is 0.316 e. The molecule has 2 nitrogen and oxygen atoms in total. The Bertz CT molecular complexity index is 341. The van der Waals surface area contributed by atoms with Crippen molar-refractivity contribution < 1.29 is 18.0 Å². The molecule has 0 unspecified atom stereocenters. The van der Waals surface area contributed by atoms with Crippen LogP contribution in [0.3, 0.4) is 0 Å². The molecule has 0 aromatic heterocycles. The Morgan fingerprint density at radius 1 is 1.36 bits per heavy atom. The maximum Gasteiger partial charge on any atom is 0.316 e. The molecular weight excluding hydrogens is 195 g/mol. The minimum atomic E-state index is -3.13. The lowest BCUT2D eigenvalue weighted by Crippen LogP contribution is -2.32. The van der Waals surface area contributed by atoms with Crippen molar-refractivity contribution in [1.82, 2.24) is 0 Å². The van der Waals surface area contributed by atoms with Gasteiger partial charge in [0.05, 0.1) is 5.69 Å². The number of benzene rings is 1. The van der Waals surface area contributed by atoms with Gasteiger partial charge in [0.25, 0.3) is 5.91 Å². The molecule has 0 fully saturated rings. The van der Waals surface area contributed by atoms with Crippen molar-refractivity contribution in [2.24, 2.45) is 0 Å². The molecular formula is C9H8F3NO. The highest BCUT2D eigenvalue weighted by Crippen LogP contribution is 2.18. The van der Waals surface area contributed by atoms with E-state index >= 15 is 0 Å². The van der Waals surface area contributed by atoms with E-state index in [1.54, 1.807) is 0 Å². The molecule has 0 saturated carbocycles. The summed E-state index contributed by atoms with van der Waals surface area (Å²) in [5.41, 5.74) is -0.155. The summed E-state index contributed by atoms with van der Waals surface area (Å²) in [4.78, 5) is 11.4. The monoisotopic (exact) mass is 203 g/mol. The number of nitrogens with zero attached hydrogens (tertiary/aromatic N) is 1. The predicted octanol–water partition coefficient (Wildman–Crippen LogP) is 2.05. The first-order chi connectivity index (χ1) is 6.54. The van der Waals surface area contributed by atoms with Crippen LogP contribution in [0.15, 0.2) is 24.3 Å². The number of carbonyl (C=O) groups excluding carboxylic acids is 1. The Morgan fingerprint density at radius 2 is 1.93 bits per heavy atom. The highest BCUT2D eigenvalue weighted by atomic mass is 19.3. The van der Waals surface area contributed by atoms with E-state index in [0.717, 1.165) is 13.1 Å². The van der Waals surface area contributed by atoms with Gasteiger partial charge in [-0.1, -0.05) is 12.1 Å². The lowest BCUT2D eigenvalue weighted by molar-refractivity contribution is -0.128. The van der Waals surface area contributed by atoms with E-state index in [1.165, 1.54) is 18.2 Å². The molecule has 0 aliphatic carbocycles. The van der Waals surface area contributed by atoms with Crippen LogP contribution >= 0.6 is 0 Å². The molecule has 14 heavy (non-hydrogen) atoms. The number of alkyl halides is 2. The number of hydrogen-bond acceptors (Lipinski definition) is 1. The molecule has 1 amide bonds. The van der Waals surface area contributed by atoms with Crippen LogP contribution in [-0.2, 0) is 4.79 Å². The fraction of sp³-hybridized carbons (Fsp3) is 0.222. The van der Waals surface area contributed by atoms with Gasteiger partial charge in [-0.2, -0.15) is 8.78 Å². The third-order valence-electron chi connectivity index (χ3n) is 1.73. The second-order valence-electron chi connectivity index (χ2n) is 2.65. The zero-order chi connectivity index (χ0) is 10.7. The van der Waals surface area contributed by atoms with Gasteiger partial charge in [0.2, 0.25) is 0 Å². The van der Waals surface area contributed by atoms with Crippen LogP contribution in [0.5, 0.6) is 0 Å². The van der Waals surface area contributed by atoms with Crippen molar-refractivity contribution in [3.05, 3.63) is 30.1 Å². The van der Waals surface area contributed by atoms with Crippen molar-refractivity contribution in [1.29, 1.82) is 0 Å². The van der Waals surface area contributed by atoms with Crippen LogP contribution in [0.1, 0.15) is 0 Å². The molecule has 0 saturated heterocycles. The molecule has 1 rings (SSSR count). The summed E-state index contributed by atoms with van der Waals surface area (Å²) in [6, 6.07) is 5.24. The van der Waals surface area contributed by atoms with Crippen LogP contribution < -0.4 is 4.90 Å². The standard InChI is InChI=1S/C9H8F3NO/c1-13(9(14)8(11)12)7-5-3-2-4-6(7)10/h2-5,8H,1H3. The van der Waals surface area contributed by atoms with Gasteiger partial charge in [-0.3, -0.25) is 4.79 Å². The van der Waals surface area contributed by atoms with Crippen LogP contribution in [0.25, 0.3) is 0 Å². The van der Waals surface area contributed by atoms with E-state index in [-0.39, 0.29) is 5.69 Å². The van der Waals surface area contributed by atoms with Gasteiger partial charge < -0.3 is 4.90 Å². The number of carbonyl (C=O) groups is 1. The van der Waals surface area contributed by atoms with Gasteiger partial charge in [-0.05, 0) is 12.1 Å². The Kier molecular flexibility index (Phi) is 3.11. The normalized spacial score (nSPS) is 10.4. The Morgan fingerprint density at radius 3 is 2.43 bits per heavy atom. The molecule has 5 heteroatoms. The summed E-state index contributed by atoms with van der Waals surface area (Å²) in [5, 5.41) is 0. The van der Waals surface area contributed by atoms with Crippen molar-refractivity contribution >= 4 is 11.6 Å². The number of anilines is 1. The van der Waals surface area contributed by atoms with Gasteiger partial charge >= 0.3 is 6.43 Å². The first-order valence-electron chi connectivity index (χ1n) is 3.84. The van der Waals surface area contributed by atoms with E-state index in [0.29, 0.717) is 4.90 Å². The minimum Gasteiger partial charge on any atom is -0.308 e. The highest BCUT2D eigenvalue weighted by molar-refractivity contribution is 5.95. The average Bonchev–Trinajstić information content (AvgIpc) is 2.16. The summed E-state index contributed by atoms with van der Waals surface area (Å²) in [5.74, 6) is -2.13. The van der Waals surface area contributed by atoms with Crippen LogP contribution in [-0.4, -0.2) is 19.4 Å². The van der Waals surface area contributed by atoms with Gasteiger partial charge in [0.1, 0.15) is 5.82 Å². The van der Waals surface area contributed by atoms with Gasteiger partial charge in [0.15, 0.2) is 0 Å². The molecule has 1 aromatic rings. The molecule has 0 spiro atoms. The van der Waals surface area contributed by atoms with E-state index in [2.05, 4.69) is 0 Å². The second kappa shape index (κ2) is 4.13. The van der Waals surface area contributed by atoms with Crippen molar-refractivity contribution in [3.8, 4) is 0 Å². The fourth-order valence-electron chi connectivity index (χ4n) is 0.989. The SMILES string of the molecule is CN(C(=O)C(F)F)c1ccccc1F. The number of halogens is 3. The summed E-state index contributed by atoms with van der Waals surface area (Å²) >= 11 is 0. The smallest absolute Gasteiger partial charge is 0.308 e. The zero-order valence-corrected chi connectivity index (χ0v) is 7.38. The van der Waals surface area contributed by atoms with Crippen LogP contribution in [0.4, 0.5) is 18.9 Å². The maximum absolute atomic E-state index is 13.0. The van der Waals surface area contributed by atoms with Crippen molar-refractivity contribution in [2.75, 3.05) is 11.9 Å². The van der Waals surface area contributed by atoms with Crippen LogP contribution in [0.2, 0.25) is 0 Å². The summed E-state index contributed by atoms with van der Waals surface area (Å²) < 4.78 is 37.0. The molecule has 0 radical (unpaired) electrons. The molecule has 0 bridgehead atoms. The number of amides is 1. The number of rotatable bonds is 2. The quantitative estimate of drug-likeness (QED) is 0.720. The van der Waals surface area contributed by atoms with E-state index < -0.39 is 18.1 Å². The molecule has 0 N–H and O–H groups in total. The average molecular weight is 203 g/mol. The fourth-order valence-corrected chi connectivity index (χ4v) is 0.989. The molecule has 0 atom stereocenters. The molecule has 0 aliphatic heterocycles. The van der Waals surface area contributed by atoms with Crippen molar-refractivity contribution in [3.63, 3.8) is 0 Å². The predicted molar refractivity (Wildman–Crippen MR) is 45.8 cm³/mol. The Labute approximate surface area is 78.9 Å². The first kappa shape index (κ1) is 10.6. The molecule has 1 aromatic carbocycles. The third-order valence-corrected chi connectivity index (χ3v) is 1.73. The first-order valence-corrected chi connectivity index (χ1v) is 3.84. The Balaban J connectivity index is 2.95. The highest BCUT2D eigenvalue weighted by Gasteiger charge is 2.22. The molecule has 76 valence electrons. The lowest BCUT2D eigenvalue weighted by Gasteiger charge is -2.16. The van der Waals surface area contributed by atoms with E-state index in [9.17, 15) is 18.0 Å². The minimum absolute atomic E-state index is 0.155. The lowest BCUT2D eigenvalue weighted by atomic mass is 10.3. The van der Waals surface area contributed by atoms with Gasteiger partial charge in [0, 0.05) is 7.05 Å². The maximum atomic E-state index is 13.0. The molecule has 0 heterocycles. The van der Waals surface area contributed by atoms with Crippen LogP contribution in [0, 0.1) is 5.82 Å². The topological polar surface area (TPSA) is 20.3 Å². The van der Waals surface area contributed by atoms with E-state index in [4.69, 9.17) is 0 Å². The second-order valence-corrected chi connectivity index (χ2v) is 2.65. The van der Waals surface area contributed by atoms with Gasteiger partial charge in [-0.15, -0.1) is 0 Å². The van der Waals surface area contributed by atoms with Gasteiger partial charge in [-0.25, -0.2) is 4.39 Å². The summed E-state index contributed by atoms with van der Waals surface area (Å²) in [7, 11) is 1.10. The third kappa shape index (κ3) is 2.04. The number of para-hydroxylation sites is 1.